The quantitative estimate of drug-likeness (QED) is 0.403. The summed E-state index contributed by atoms with van der Waals surface area (Å²) in [6.07, 6.45) is 2.72. The molecule has 140 valence electrons. The number of carbonyl (C=O) groups excluding carboxylic acids is 2. The van der Waals surface area contributed by atoms with Crippen LogP contribution in [0.5, 0.6) is 5.75 Å². The second-order valence-electron chi connectivity index (χ2n) is 5.10. The van der Waals surface area contributed by atoms with E-state index in [0.29, 0.717) is 16.3 Å². The summed E-state index contributed by atoms with van der Waals surface area (Å²) in [5.74, 6) is -1.03. The van der Waals surface area contributed by atoms with Gasteiger partial charge in [0.1, 0.15) is 11.6 Å². The Kier molecular flexibility index (Phi) is 7.72. The standard InChI is InChI=1S/C18H15ClFN3O3S/c19-14-3-1-2-4-15(14)26-11-17(25)22-23-18(27)21-16(24)10-7-12-5-8-13(20)9-6-12/h1-10H,11H2,(H,22,25)(H2,21,23,24,27)/b10-7+. The third kappa shape index (κ3) is 7.43. The van der Waals surface area contributed by atoms with E-state index in [1.54, 1.807) is 24.3 Å². The van der Waals surface area contributed by atoms with E-state index < -0.39 is 11.8 Å². The largest absolute Gasteiger partial charge is 0.482 e. The van der Waals surface area contributed by atoms with Crippen LogP contribution in [-0.2, 0) is 9.59 Å². The van der Waals surface area contributed by atoms with Crippen LogP contribution in [0.4, 0.5) is 4.39 Å². The van der Waals surface area contributed by atoms with E-state index in [1.807, 2.05) is 0 Å². The summed E-state index contributed by atoms with van der Waals surface area (Å²) in [6.45, 7) is -0.294. The molecule has 0 aliphatic rings. The summed E-state index contributed by atoms with van der Waals surface area (Å²) in [5.41, 5.74) is 5.30. The van der Waals surface area contributed by atoms with Crippen molar-refractivity contribution in [2.75, 3.05) is 6.61 Å². The van der Waals surface area contributed by atoms with Gasteiger partial charge in [-0.05, 0) is 48.1 Å². The molecule has 27 heavy (non-hydrogen) atoms. The second kappa shape index (κ2) is 10.2. The first-order valence-corrected chi connectivity index (χ1v) is 8.43. The van der Waals surface area contributed by atoms with Gasteiger partial charge in [-0.3, -0.25) is 25.8 Å². The lowest BCUT2D eigenvalue weighted by atomic mass is 10.2. The van der Waals surface area contributed by atoms with Crippen molar-refractivity contribution in [3.63, 3.8) is 0 Å². The van der Waals surface area contributed by atoms with Crippen molar-refractivity contribution in [3.8, 4) is 5.75 Å². The van der Waals surface area contributed by atoms with Crippen LogP contribution in [0.2, 0.25) is 5.02 Å². The Bertz CT molecular complexity index is 859. The van der Waals surface area contributed by atoms with Crippen LogP contribution < -0.4 is 20.9 Å². The van der Waals surface area contributed by atoms with Crippen molar-refractivity contribution in [1.29, 1.82) is 0 Å². The van der Waals surface area contributed by atoms with E-state index in [4.69, 9.17) is 28.6 Å². The number of ether oxygens (including phenoxy) is 1. The van der Waals surface area contributed by atoms with Crippen molar-refractivity contribution in [3.05, 3.63) is 71.0 Å². The summed E-state index contributed by atoms with van der Waals surface area (Å²) >= 11 is 10.8. The number of halogens is 2. The molecule has 0 atom stereocenters. The molecule has 0 fully saturated rings. The monoisotopic (exact) mass is 407 g/mol. The number of hydrazine groups is 1. The predicted octanol–water partition coefficient (Wildman–Crippen LogP) is 2.59. The van der Waals surface area contributed by atoms with Gasteiger partial charge in [0.15, 0.2) is 11.7 Å². The van der Waals surface area contributed by atoms with E-state index in [0.717, 1.165) is 0 Å². The van der Waals surface area contributed by atoms with Crippen molar-refractivity contribution in [2.45, 2.75) is 0 Å². The van der Waals surface area contributed by atoms with Gasteiger partial charge in [-0.1, -0.05) is 35.9 Å². The zero-order valence-electron chi connectivity index (χ0n) is 13.9. The van der Waals surface area contributed by atoms with Crippen molar-refractivity contribution < 1.29 is 18.7 Å². The van der Waals surface area contributed by atoms with Crippen LogP contribution >= 0.6 is 23.8 Å². The summed E-state index contributed by atoms with van der Waals surface area (Å²) < 4.78 is 18.1. The fourth-order valence-electron chi connectivity index (χ4n) is 1.80. The Morgan fingerprint density at radius 1 is 1.11 bits per heavy atom. The van der Waals surface area contributed by atoms with Gasteiger partial charge in [-0.25, -0.2) is 4.39 Å². The van der Waals surface area contributed by atoms with Crippen LogP contribution in [0, 0.1) is 5.82 Å². The molecular weight excluding hydrogens is 393 g/mol. The van der Waals surface area contributed by atoms with E-state index in [-0.39, 0.29) is 17.5 Å². The molecule has 2 aromatic rings. The molecule has 2 aromatic carbocycles. The molecule has 0 bridgehead atoms. The van der Waals surface area contributed by atoms with Crippen molar-refractivity contribution in [2.24, 2.45) is 0 Å². The minimum absolute atomic E-state index is 0.102. The van der Waals surface area contributed by atoms with Gasteiger partial charge < -0.3 is 4.74 Å². The van der Waals surface area contributed by atoms with Gasteiger partial charge in [0.25, 0.3) is 5.91 Å². The number of hydrogen-bond donors (Lipinski definition) is 3. The highest BCUT2D eigenvalue weighted by atomic mass is 35.5. The number of amides is 2. The maximum Gasteiger partial charge on any atom is 0.276 e. The molecule has 2 rings (SSSR count). The van der Waals surface area contributed by atoms with Crippen LogP contribution in [0.15, 0.2) is 54.6 Å². The smallest absolute Gasteiger partial charge is 0.276 e. The predicted molar refractivity (Wildman–Crippen MR) is 104 cm³/mol. The molecule has 2 amide bonds. The van der Waals surface area contributed by atoms with Crippen LogP contribution in [0.1, 0.15) is 5.56 Å². The molecular formula is C18H15ClFN3O3S. The highest BCUT2D eigenvalue weighted by Gasteiger charge is 2.06. The molecule has 0 aliphatic carbocycles. The summed E-state index contributed by atoms with van der Waals surface area (Å²) in [7, 11) is 0. The van der Waals surface area contributed by atoms with Crippen molar-refractivity contribution >= 4 is 46.8 Å². The molecule has 0 radical (unpaired) electrons. The van der Waals surface area contributed by atoms with Gasteiger partial charge in [0, 0.05) is 6.08 Å². The SMILES string of the molecule is O=C(/C=C/c1ccc(F)cc1)NC(=S)NNC(=O)COc1ccccc1Cl. The normalized spacial score (nSPS) is 10.3. The molecule has 0 aromatic heterocycles. The summed E-state index contributed by atoms with van der Waals surface area (Å²) in [6, 6.07) is 12.3. The molecule has 0 saturated heterocycles. The molecule has 0 aliphatic heterocycles. The molecule has 0 heterocycles. The number of hydrogen-bond acceptors (Lipinski definition) is 4. The molecule has 6 nitrogen and oxygen atoms in total. The fourth-order valence-corrected chi connectivity index (χ4v) is 2.14. The maximum absolute atomic E-state index is 12.8. The van der Waals surface area contributed by atoms with Crippen LogP contribution in [0.3, 0.4) is 0 Å². The fraction of sp³-hybridized carbons (Fsp3) is 0.0556. The van der Waals surface area contributed by atoms with Gasteiger partial charge in [-0.2, -0.15) is 0 Å². The second-order valence-corrected chi connectivity index (χ2v) is 5.91. The highest BCUT2D eigenvalue weighted by molar-refractivity contribution is 7.80. The lowest BCUT2D eigenvalue weighted by Crippen LogP contribution is -2.49. The minimum atomic E-state index is -0.520. The van der Waals surface area contributed by atoms with E-state index >= 15 is 0 Å². The van der Waals surface area contributed by atoms with E-state index in [2.05, 4.69) is 16.2 Å². The Morgan fingerprint density at radius 2 is 1.81 bits per heavy atom. The summed E-state index contributed by atoms with van der Waals surface area (Å²) in [5, 5.41) is 2.63. The van der Waals surface area contributed by atoms with Crippen LogP contribution in [0.25, 0.3) is 6.08 Å². The first kappa shape index (κ1) is 20.3. The zero-order valence-corrected chi connectivity index (χ0v) is 15.4. The number of carbonyl (C=O) groups is 2. The van der Waals surface area contributed by atoms with E-state index in [1.165, 1.54) is 36.4 Å². The number of nitrogens with one attached hydrogen (secondary N) is 3. The Hall–Kier alpha value is -2.97. The van der Waals surface area contributed by atoms with Crippen LogP contribution in [-0.4, -0.2) is 23.5 Å². The summed E-state index contributed by atoms with van der Waals surface area (Å²) in [4.78, 5) is 23.4. The third-order valence-corrected chi connectivity index (χ3v) is 3.56. The average Bonchev–Trinajstić information content (AvgIpc) is 2.65. The minimum Gasteiger partial charge on any atom is -0.482 e. The maximum atomic E-state index is 12.8. The molecule has 9 heteroatoms. The van der Waals surface area contributed by atoms with Crippen molar-refractivity contribution in [1.82, 2.24) is 16.2 Å². The number of para-hydroxylation sites is 1. The van der Waals surface area contributed by atoms with Gasteiger partial charge in [-0.15, -0.1) is 0 Å². The molecule has 3 N–H and O–H groups in total. The van der Waals surface area contributed by atoms with E-state index in [9.17, 15) is 14.0 Å². The van der Waals surface area contributed by atoms with Gasteiger partial charge in [0.05, 0.1) is 5.02 Å². The number of benzene rings is 2. The van der Waals surface area contributed by atoms with Gasteiger partial charge in [0.2, 0.25) is 5.91 Å². The Balaban J connectivity index is 1.70. The lowest BCUT2D eigenvalue weighted by Gasteiger charge is -2.11. The first-order chi connectivity index (χ1) is 12.9. The molecule has 0 unspecified atom stereocenters. The lowest BCUT2D eigenvalue weighted by molar-refractivity contribution is -0.123. The first-order valence-electron chi connectivity index (χ1n) is 7.65. The topological polar surface area (TPSA) is 79.5 Å². The number of thiocarbonyl (C=S) groups is 1. The average molecular weight is 408 g/mol. The molecule has 0 spiro atoms. The highest BCUT2D eigenvalue weighted by Crippen LogP contribution is 2.22. The Morgan fingerprint density at radius 3 is 2.52 bits per heavy atom. The van der Waals surface area contributed by atoms with Gasteiger partial charge >= 0.3 is 0 Å². The Labute approximate surface area is 165 Å². The third-order valence-electron chi connectivity index (χ3n) is 3.04. The number of rotatable bonds is 5. The zero-order chi connectivity index (χ0) is 19.6. The molecule has 0 saturated carbocycles.